The molecule has 0 bridgehead atoms. The summed E-state index contributed by atoms with van der Waals surface area (Å²) < 4.78 is 0. The molecule has 1 aromatic carbocycles. The normalized spacial score (nSPS) is 19.7. The van der Waals surface area contributed by atoms with E-state index in [1.165, 1.54) is 0 Å². The van der Waals surface area contributed by atoms with Crippen LogP contribution in [0.1, 0.15) is 62.7 Å². The van der Waals surface area contributed by atoms with Gasteiger partial charge >= 0.3 is 6.03 Å². The smallest absolute Gasteiger partial charge is 0.321 e. The highest BCUT2D eigenvalue weighted by Crippen LogP contribution is 2.43. The number of hydrogen-bond donors (Lipinski definition) is 3. The van der Waals surface area contributed by atoms with Crippen molar-refractivity contribution in [2.75, 3.05) is 18.4 Å². The van der Waals surface area contributed by atoms with Gasteiger partial charge in [0.2, 0.25) is 0 Å². The zero-order valence-electron chi connectivity index (χ0n) is 19.2. The summed E-state index contributed by atoms with van der Waals surface area (Å²) in [7, 11) is 0. The summed E-state index contributed by atoms with van der Waals surface area (Å²) in [5, 5.41) is 9.90. The monoisotopic (exact) mass is 440 g/mol. The molecule has 1 saturated heterocycles. The Morgan fingerprint density at radius 2 is 1.91 bits per heavy atom. The van der Waals surface area contributed by atoms with Crippen LogP contribution in [0.5, 0.6) is 0 Å². The number of anilines is 1. The number of urea groups is 1. The minimum atomic E-state index is -0.250. The first kappa shape index (κ1) is 23.5. The Balaban J connectivity index is 0.000000913. The van der Waals surface area contributed by atoms with Crippen LogP contribution in [-0.2, 0) is 22.0 Å². The van der Waals surface area contributed by atoms with Crippen molar-refractivity contribution in [3.8, 4) is 0 Å². The Bertz CT molecular complexity index is 1040. The Kier molecular flexibility index (Phi) is 6.71. The summed E-state index contributed by atoms with van der Waals surface area (Å²) in [5.41, 5.74) is 3.22. The van der Waals surface area contributed by atoms with Crippen LogP contribution < -0.4 is 10.9 Å². The number of carbonyl (C=O) groups is 2. The van der Waals surface area contributed by atoms with Crippen LogP contribution in [0.15, 0.2) is 29.1 Å². The van der Waals surface area contributed by atoms with E-state index in [2.05, 4.69) is 31.1 Å². The number of piperidine rings is 1. The number of carbonyl (C=O) groups excluding carboxylic acids is 1. The minimum absolute atomic E-state index is 0.0157. The summed E-state index contributed by atoms with van der Waals surface area (Å²) in [6.45, 7) is 9.28. The largest absolute Gasteiger partial charge is 0.483 e. The lowest BCUT2D eigenvalue weighted by molar-refractivity contribution is -0.122. The number of likely N-dealkylation sites (tertiary alicyclic amines) is 1. The number of carboxylic acid groups (broad SMARTS) is 1. The number of benzene rings is 1. The lowest BCUT2D eigenvalue weighted by Gasteiger charge is -2.40. The summed E-state index contributed by atoms with van der Waals surface area (Å²) in [5.74, 6) is 0.726. The predicted octanol–water partition coefficient (Wildman–Crippen LogP) is 3.59. The molecular formula is C24H32N4O4. The van der Waals surface area contributed by atoms with Gasteiger partial charge in [-0.05, 0) is 44.7 Å². The fourth-order valence-electron chi connectivity index (χ4n) is 4.55. The molecule has 2 aliphatic rings. The Hall–Kier alpha value is -3.16. The van der Waals surface area contributed by atoms with Crippen molar-refractivity contribution in [2.24, 2.45) is 0 Å². The lowest BCUT2D eigenvalue weighted by Crippen LogP contribution is -2.49. The van der Waals surface area contributed by atoms with E-state index in [9.17, 15) is 9.59 Å². The van der Waals surface area contributed by atoms with E-state index in [0.29, 0.717) is 6.54 Å². The number of aromatic amines is 1. The highest BCUT2D eigenvalue weighted by molar-refractivity contribution is 5.89. The molecule has 8 nitrogen and oxygen atoms in total. The quantitative estimate of drug-likeness (QED) is 0.586. The van der Waals surface area contributed by atoms with Crippen LogP contribution in [-0.4, -0.2) is 45.6 Å². The van der Waals surface area contributed by atoms with E-state index in [4.69, 9.17) is 14.9 Å². The summed E-state index contributed by atoms with van der Waals surface area (Å²) in [4.78, 5) is 43.8. The highest BCUT2D eigenvalue weighted by Gasteiger charge is 2.46. The van der Waals surface area contributed by atoms with Crippen LogP contribution >= 0.6 is 0 Å². The molecule has 0 radical (unpaired) electrons. The molecule has 1 aliphatic heterocycles. The van der Waals surface area contributed by atoms with Crippen molar-refractivity contribution in [1.29, 1.82) is 0 Å². The number of H-pyrrole nitrogens is 1. The maximum absolute atomic E-state index is 12.9. The van der Waals surface area contributed by atoms with E-state index >= 15 is 0 Å². The SMILES string of the molecule is Cc1ccc(NC(=O)N2CCCC3(CCc4c3nc(C(C)(C)C)[nH]c4=O)C2)cc1.O=CO. The fourth-order valence-corrected chi connectivity index (χ4v) is 4.55. The predicted molar refractivity (Wildman–Crippen MR) is 123 cm³/mol. The molecule has 3 N–H and O–H groups in total. The molecule has 1 atom stereocenters. The van der Waals surface area contributed by atoms with Gasteiger partial charge in [-0.3, -0.25) is 9.59 Å². The maximum atomic E-state index is 12.9. The summed E-state index contributed by atoms with van der Waals surface area (Å²) in [6.07, 6.45) is 3.49. The second-order valence-electron chi connectivity index (χ2n) is 9.70. The molecule has 2 amide bonds. The Morgan fingerprint density at radius 1 is 1.25 bits per heavy atom. The number of aryl methyl sites for hydroxylation is 1. The molecule has 32 heavy (non-hydrogen) atoms. The Labute approximate surface area is 188 Å². The topological polar surface area (TPSA) is 115 Å². The Morgan fingerprint density at radius 3 is 2.53 bits per heavy atom. The first-order valence-corrected chi connectivity index (χ1v) is 10.9. The van der Waals surface area contributed by atoms with E-state index in [0.717, 1.165) is 60.6 Å². The number of nitrogens with one attached hydrogen (secondary N) is 2. The van der Waals surface area contributed by atoms with Crippen molar-refractivity contribution < 1.29 is 14.7 Å². The standard InChI is InChI=1S/C23H30N4O2.CH2O2/c1-15-6-8-16(9-7-15)24-21(29)27-13-5-11-23(14-27)12-10-17-18(23)25-20(22(2,3)4)26-19(17)28;2-1-3/h6-9H,5,10-14H2,1-4H3,(H,24,29)(H,25,26,28);1H,(H,2,3). The molecular weight excluding hydrogens is 408 g/mol. The molecule has 2 aromatic rings. The third-order valence-electron chi connectivity index (χ3n) is 6.25. The van der Waals surface area contributed by atoms with Crippen molar-refractivity contribution in [2.45, 2.75) is 64.2 Å². The van der Waals surface area contributed by atoms with E-state index < -0.39 is 0 Å². The van der Waals surface area contributed by atoms with E-state index in [-0.39, 0.29) is 28.9 Å². The number of aromatic nitrogens is 2. The average molecular weight is 441 g/mol. The molecule has 1 unspecified atom stereocenters. The molecule has 1 fully saturated rings. The van der Waals surface area contributed by atoms with E-state index in [1.807, 2.05) is 36.1 Å². The molecule has 1 aliphatic carbocycles. The molecule has 4 rings (SSSR count). The molecule has 172 valence electrons. The number of amides is 2. The van der Waals surface area contributed by atoms with E-state index in [1.54, 1.807) is 0 Å². The molecule has 2 heterocycles. The zero-order valence-corrected chi connectivity index (χ0v) is 19.2. The van der Waals surface area contributed by atoms with Crippen molar-refractivity contribution in [1.82, 2.24) is 14.9 Å². The van der Waals surface area contributed by atoms with Gasteiger partial charge in [0.1, 0.15) is 5.82 Å². The highest BCUT2D eigenvalue weighted by atomic mass is 16.3. The number of hydrogen-bond acceptors (Lipinski definition) is 4. The van der Waals surface area contributed by atoms with Crippen LogP contribution in [0, 0.1) is 6.92 Å². The maximum Gasteiger partial charge on any atom is 0.321 e. The summed E-state index contributed by atoms with van der Waals surface area (Å²) >= 11 is 0. The van der Waals surface area contributed by atoms with Crippen molar-refractivity contribution in [3.05, 3.63) is 57.3 Å². The van der Waals surface area contributed by atoms with Gasteiger partial charge in [-0.25, -0.2) is 9.78 Å². The molecule has 1 aromatic heterocycles. The zero-order chi connectivity index (χ0) is 23.5. The second-order valence-corrected chi connectivity index (χ2v) is 9.70. The van der Waals surface area contributed by atoms with Crippen molar-refractivity contribution >= 4 is 18.2 Å². The summed E-state index contributed by atoms with van der Waals surface area (Å²) in [6, 6.07) is 7.75. The fraction of sp³-hybridized carbons (Fsp3) is 0.500. The molecule has 1 spiro atoms. The first-order chi connectivity index (χ1) is 15.1. The van der Waals surface area contributed by atoms with Gasteiger partial charge in [-0.1, -0.05) is 38.5 Å². The second kappa shape index (κ2) is 9.14. The number of nitrogens with zero attached hydrogens (tertiary/aromatic N) is 2. The minimum Gasteiger partial charge on any atom is -0.483 e. The van der Waals surface area contributed by atoms with Gasteiger partial charge in [-0.2, -0.15) is 0 Å². The lowest BCUT2D eigenvalue weighted by atomic mass is 9.77. The van der Waals surface area contributed by atoms with Gasteiger partial charge in [0.25, 0.3) is 12.0 Å². The average Bonchev–Trinajstić information content (AvgIpc) is 3.08. The molecule has 0 saturated carbocycles. The first-order valence-electron chi connectivity index (χ1n) is 10.9. The van der Waals surface area contributed by atoms with Crippen LogP contribution in [0.4, 0.5) is 10.5 Å². The van der Waals surface area contributed by atoms with Crippen molar-refractivity contribution in [3.63, 3.8) is 0 Å². The van der Waals surface area contributed by atoms with Gasteiger partial charge in [-0.15, -0.1) is 0 Å². The van der Waals surface area contributed by atoms with Crippen LogP contribution in [0.25, 0.3) is 0 Å². The number of rotatable bonds is 1. The third-order valence-corrected chi connectivity index (χ3v) is 6.25. The van der Waals surface area contributed by atoms with Gasteiger partial charge in [0.05, 0.1) is 5.69 Å². The number of fused-ring (bicyclic) bond motifs is 2. The van der Waals surface area contributed by atoms with Gasteiger partial charge in [0.15, 0.2) is 0 Å². The molecule has 8 heteroatoms. The van der Waals surface area contributed by atoms with Crippen LogP contribution in [0.2, 0.25) is 0 Å². The van der Waals surface area contributed by atoms with Gasteiger partial charge in [0, 0.05) is 35.2 Å². The van der Waals surface area contributed by atoms with Gasteiger partial charge < -0.3 is 20.3 Å². The van der Waals surface area contributed by atoms with Crippen LogP contribution in [0.3, 0.4) is 0 Å². The third kappa shape index (κ3) is 4.84.